The Kier molecular flexibility index (Phi) is 6.21. The van der Waals surface area contributed by atoms with Crippen molar-refractivity contribution in [3.63, 3.8) is 0 Å². The highest BCUT2D eigenvalue weighted by Gasteiger charge is 2.29. The summed E-state index contributed by atoms with van der Waals surface area (Å²) in [6.07, 6.45) is 0. The lowest BCUT2D eigenvalue weighted by Gasteiger charge is -2.32. The van der Waals surface area contributed by atoms with Crippen LogP contribution < -0.4 is 10.6 Å². The van der Waals surface area contributed by atoms with E-state index in [1.165, 1.54) is 0 Å². The van der Waals surface area contributed by atoms with Gasteiger partial charge in [-0.25, -0.2) is 0 Å². The van der Waals surface area contributed by atoms with Crippen LogP contribution in [-0.4, -0.2) is 37.0 Å². The van der Waals surface area contributed by atoms with Gasteiger partial charge in [-0.3, -0.25) is 4.79 Å². The Morgan fingerprint density at radius 2 is 1.67 bits per heavy atom. The van der Waals surface area contributed by atoms with Gasteiger partial charge in [0, 0.05) is 18.5 Å². The predicted octanol–water partition coefficient (Wildman–Crippen LogP) is 2.99. The van der Waals surface area contributed by atoms with Crippen molar-refractivity contribution >= 4 is 17.3 Å². The highest BCUT2D eigenvalue weighted by atomic mass is 16.2. The lowest BCUT2D eigenvalue weighted by Crippen LogP contribution is -2.44. The maximum absolute atomic E-state index is 12.8. The Hall–Kier alpha value is -1.55. The van der Waals surface area contributed by atoms with E-state index in [9.17, 15) is 4.79 Å². The standard InChI is InChI=1S/C17H29N3O/c1-6-19(7-2)12-13-20(16(21)17(3,4)5)15-11-9-8-10-14(15)18/h8-11H,6-7,12-13,18H2,1-5H3. The molecule has 118 valence electrons. The number of benzene rings is 1. The van der Waals surface area contributed by atoms with Crippen LogP contribution in [0.25, 0.3) is 0 Å². The number of hydrogen-bond donors (Lipinski definition) is 1. The fourth-order valence-corrected chi connectivity index (χ4v) is 2.25. The number of amides is 1. The molecule has 0 aliphatic heterocycles. The molecule has 1 aromatic carbocycles. The highest BCUT2D eigenvalue weighted by molar-refractivity contribution is 5.99. The van der Waals surface area contributed by atoms with Gasteiger partial charge in [-0.2, -0.15) is 0 Å². The summed E-state index contributed by atoms with van der Waals surface area (Å²) in [5.41, 5.74) is 7.10. The zero-order chi connectivity index (χ0) is 16.0. The van der Waals surface area contributed by atoms with Crippen LogP contribution >= 0.6 is 0 Å². The molecule has 21 heavy (non-hydrogen) atoms. The molecule has 4 heteroatoms. The average Bonchev–Trinajstić information content (AvgIpc) is 2.43. The van der Waals surface area contributed by atoms with Gasteiger partial charge in [-0.1, -0.05) is 46.8 Å². The van der Waals surface area contributed by atoms with Crippen molar-refractivity contribution < 1.29 is 4.79 Å². The third kappa shape index (κ3) is 4.74. The van der Waals surface area contributed by atoms with E-state index in [0.29, 0.717) is 12.2 Å². The molecule has 0 bridgehead atoms. The maximum atomic E-state index is 12.8. The molecule has 0 atom stereocenters. The van der Waals surface area contributed by atoms with Crippen LogP contribution in [0.4, 0.5) is 11.4 Å². The summed E-state index contributed by atoms with van der Waals surface area (Å²) in [5.74, 6) is 0.104. The minimum Gasteiger partial charge on any atom is -0.397 e. The number of nitrogens with zero attached hydrogens (tertiary/aromatic N) is 2. The fourth-order valence-electron chi connectivity index (χ4n) is 2.25. The van der Waals surface area contributed by atoms with Crippen LogP contribution in [0, 0.1) is 5.41 Å². The molecule has 0 aliphatic rings. The Morgan fingerprint density at radius 3 is 2.14 bits per heavy atom. The van der Waals surface area contributed by atoms with Crippen molar-refractivity contribution in [1.82, 2.24) is 4.90 Å². The van der Waals surface area contributed by atoms with E-state index in [1.54, 1.807) is 0 Å². The molecule has 0 saturated heterocycles. The molecule has 0 radical (unpaired) electrons. The quantitative estimate of drug-likeness (QED) is 0.820. The van der Waals surface area contributed by atoms with E-state index in [2.05, 4.69) is 18.7 Å². The number of para-hydroxylation sites is 2. The lowest BCUT2D eigenvalue weighted by atomic mass is 9.94. The Balaban J connectivity index is 3.01. The molecule has 0 aliphatic carbocycles. The highest BCUT2D eigenvalue weighted by Crippen LogP contribution is 2.27. The average molecular weight is 291 g/mol. The van der Waals surface area contributed by atoms with Crippen molar-refractivity contribution in [3.05, 3.63) is 24.3 Å². The summed E-state index contributed by atoms with van der Waals surface area (Å²) in [7, 11) is 0. The van der Waals surface area contributed by atoms with Gasteiger partial charge in [0.2, 0.25) is 5.91 Å². The summed E-state index contributed by atoms with van der Waals surface area (Å²) in [4.78, 5) is 16.9. The first kappa shape index (κ1) is 17.5. The minimum atomic E-state index is -0.425. The molecule has 1 aromatic rings. The Morgan fingerprint density at radius 1 is 1.10 bits per heavy atom. The summed E-state index contributed by atoms with van der Waals surface area (Å²) < 4.78 is 0. The monoisotopic (exact) mass is 291 g/mol. The number of anilines is 2. The second kappa shape index (κ2) is 7.46. The van der Waals surface area contributed by atoms with Crippen LogP contribution in [-0.2, 0) is 4.79 Å². The summed E-state index contributed by atoms with van der Waals surface area (Å²) >= 11 is 0. The van der Waals surface area contributed by atoms with Gasteiger partial charge >= 0.3 is 0 Å². The predicted molar refractivity (Wildman–Crippen MR) is 90.5 cm³/mol. The first-order chi connectivity index (χ1) is 9.81. The van der Waals surface area contributed by atoms with Crippen molar-refractivity contribution in [1.29, 1.82) is 0 Å². The maximum Gasteiger partial charge on any atom is 0.232 e. The number of nitrogen functional groups attached to an aromatic ring is 1. The SMILES string of the molecule is CCN(CC)CCN(C(=O)C(C)(C)C)c1ccccc1N. The van der Waals surface area contributed by atoms with E-state index in [0.717, 1.165) is 25.3 Å². The first-order valence-corrected chi connectivity index (χ1v) is 7.70. The van der Waals surface area contributed by atoms with E-state index in [1.807, 2.05) is 49.9 Å². The molecule has 0 spiro atoms. The summed E-state index contributed by atoms with van der Waals surface area (Å²) in [6, 6.07) is 7.58. The molecule has 0 fully saturated rings. The Labute approximate surface area is 128 Å². The molecule has 4 nitrogen and oxygen atoms in total. The van der Waals surface area contributed by atoms with E-state index in [4.69, 9.17) is 5.73 Å². The molecular weight excluding hydrogens is 262 g/mol. The number of rotatable bonds is 6. The largest absolute Gasteiger partial charge is 0.397 e. The van der Waals surface area contributed by atoms with E-state index in [-0.39, 0.29) is 5.91 Å². The second-order valence-corrected chi connectivity index (χ2v) is 6.29. The molecule has 2 N–H and O–H groups in total. The summed E-state index contributed by atoms with van der Waals surface area (Å²) in [5, 5.41) is 0. The van der Waals surface area contributed by atoms with E-state index < -0.39 is 5.41 Å². The smallest absolute Gasteiger partial charge is 0.232 e. The van der Waals surface area contributed by atoms with Crippen LogP contribution in [0.1, 0.15) is 34.6 Å². The third-order valence-electron chi connectivity index (χ3n) is 3.65. The third-order valence-corrected chi connectivity index (χ3v) is 3.65. The number of carbonyl (C=O) groups is 1. The van der Waals surface area contributed by atoms with Gasteiger partial charge in [0.15, 0.2) is 0 Å². The molecular formula is C17H29N3O. The van der Waals surface area contributed by atoms with Crippen molar-refractivity contribution in [3.8, 4) is 0 Å². The van der Waals surface area contributed by atoms with Gasteiger partial charge in [0.05, 0.1) is 11.4 Å². The molecule has 0 saturated carbocycles. The number of hydrogen-bond acceptors (Lipinski definition) is 3. The minimum absolute atomic E-state index is 0.104. The second-order valence-electron chi connectivity index (χ2n) is 6.29. The fraction of sp³-hybridized carbons (Fsp3) is 0.588. The number of nitrogens with two attached hydrogens (primary N) is 1. The normalized spacial score (nSPS) is 11.7. The molecule has 0 aromatic heterocycles. The van der Waals surface area contributed by atoms with Crippen LogP contribution in [0.5, 0.6) is 0 Å². The molecule has 0 heterocycles. The van der Waals surface area contributed by atoms with Crippen molar-refractivity contribution in [2.75, 3.05) is 36.8 Å². The summed E-state index contributed by atoms with van der Waals surface area (Å²) in [6.45, 7) is 13.6. The topological polar surface area (TPSA) is 49.6 Å². The van der Waals surface area contributed by atoms with Gasteiger partial charge in [0.25, 0.3) is 0 Å². The first-order valence-electron chi connectivity index (χ1n) is 7.70. The van der Waals surface area contributed by atoms with Crippen LogP contribution in [0.15, 0.2) is 24.3 Å². The van der Waals surface area contributed by atoms with Gasteiger partial charge in [0.1, 0.15) is 0 Å². The number of carbonyl (C=O) groups excluding carboxylic acids is 1. The lowest BCUT2D eigenvalue weighted by molar-refractivity contribution is -0.125. The zero-order valence-corrected chi connectivity index (χ0v) is 14.0. The zero-order valence-electron chi connectivity index (χ0n) is 14.0. The van der Waals surface area contributed by atoms with Crippen LogP contribution in [0.2, 0.25) is 0 Å². The Bertz CT molecular complexity index is 461. The van der Waals surface area contributed by atoms with Crippen molar-refractivity contribution in [2.24, 2.45) is 5.41 Å². The number of likely N-dealkylation sites (N-methyl/N-ethyl adjacent to an activating group) is 1. The van der Waals surface area contributed by atoms with Gasteiger partial charge in [-0.05, 0) is 25.2 Å². The van der Waals surface area contributed by atoms with Crippen molar-refractivity contribution in [2.45, 2.75) is 34.6 Å². The molecule has 1 amide bonds. The van der Waals surface area contributed by atoms with E-state index >= 15 is 0 Å². The molecule has 1 rings (SSSR count). The van der Waals surface area contributed by atoms with Gasteiger partial charge < -0.3 is 15.5 Å². The molecule has 0 unspecified atom stereocenters. The van der Waals surface area contributed by atoms with Gasteiger partial charge in [-0.15, -0.1) is 0 Å². The van der Waals surface area contributed by atoms with Crippen LogP contribution in [0.3, 0.4) is 0 Å².